The molecule has 2 nitrogen and oxygen atoms in total. The third-order valence-electron chi connectivity index (χ3n) is 3.82. The largest absolute Gasteiger partial charge is 0.365 e. The Morgan fingerprint density at radius 1 is 1.28 bits per heavy atom. The van der Waals surface area contributed by atoms with E-state index in [4.69, 9.17) is 0 Å². The highest BCUT2D eigenvalue weighted by atomic mass is 15.2. The van der Waals surface area contributed by atoms with E-state index < -0.39 is 0 Å². The maximum atomic E-state index is 3.64. The van der Waals surface area contributed by atoms with E-state index in [0.717, 1.165) is 19.0 Å². The van der Waals surface area contributed by atoms with Crippen LogP contribution in [0.4, 0.5) is 0 Å². The first-order valence-corrected chi connectivity index (χ1v) is 7.68. The standard InChI is InChI=1S/C16H34N2/c1-7-11-15(8-2)12-14(5)17-13-18(6)16(9-3)10-4/h9,14-15,17H,7-8,10-13H2,1-6H3/b16-9-. The summed E-state index contributed by atoms with van der Waals surface area (Å²) in [6.45, 7) is 12.2. The number of rotatable bonds is 10. The Kier molecular flexibility index (Phi) is 10.1. The van der Waals surface area contributed by atoms with Crippen molar-refractivity contribution in [3.63, 3.8) is 0 Å². The fourth-order valence-corrected chi connectivity index (χ4v) is 2.57. The first-order chi connectivity index (χ1) is 8.58. The number of hydrogen-bond acceptors (Lipinski definition) is 2. The summed E-state index contributed by atoms with van der Waals surface area (Å²) in [5.74, 6) is 0.884. The lowest BCUT2D eigenvalue weighted by Crippen LogP contribution is -2.37. The second-order valence-electron chi connectivity index (χ2n) is 5.39. The van der Waals surface area contributed by atoms with Crippen LogP contribution in [-0.4, -0.2) is 24.7 Å². The van der Waals surface area contributed by atoms with Crippen molar-refractivity contribution >= 4 is 0 Å². The molecule has 0 saturated carbocycles. The van der Waals surface area contributed by atoms with E-state index in [-0.39, 0.29) is 0 Å². The number of nitrogens with one attached hydrogen (secondary N) is 1. The van der Waals surface area contributed by atoms with Gasteiger partial charge in [-0.3, -0.25) is 5.32 Å². The molecule has 2 heteroatoms. The van der Waals surface area contributed by atoms with Crippen LogP contribution >= 0.6 is 0 Å². The Labute approximate surface area is 115 Å². The minimum atomic E-state index is 0.610. The highest BCUT2D eigenvalue weighted by molar-refractivity contribution is 4.97. The molecule has 0 spiro atoms. The average Bonchev–Trinajstić information content (AvgIpc) is 2.37. The molecule has 0 amide bonds. The van der Waals surface area contributed by atoms with Gasteiger partial charge in [-0.2, -0.15) is 0 Å². The van der Waals surface area contributed by atoms with Gasteiger partial charge in [0.1, 0.15) is 0 Å². The first kappa shape index (κ1) is 17.5. The zero-order valence-electron chi connectivity index (χ0n) is 13.4. The van der Waals surface area contributed by atoms with E-state index in [1.165, 1.54) is 31.4 Å². The summed E-state index contributed by atoms with van der Waals surface area (Å²) in [7, 11) is 2.17. The molecule has 108 valence electrons. The smallest absolute Gasteiger partial charge is 0.0677 e. The maximum Gasteiger partial charge on any atom is 0.0677 e. The molecule has 0 aromatic heterocycles. The minimum Gasteiger partial charge on any atom is -0.365 e. The molecule has 0 fully saturated rings. The molecule has 2 unspecified atom stereocenters. The molecular formula is C16H34N2. The summed E-state index contributed by atoms with van der Waals surface area (Å²) in [6, 6.07) is 0.610. The average molecular weight is 254 g/mol. The molecule has 0 aliphatic carbocycles. The summed E-state index contributed by atoms with van der Waals surface area (Å²) < 4.78 is 0. The van der Waals surface area contributed by atoms with Gasteiger partial charge in [0.15, 0.2) is 0 Å². The van der Waals surface area contributed by atoms with Gasteiger partial charge in [-0.05, 0) is 32.6 Å². The lowest BCUT2D eigenvalue weighted by Gasteiger charge is -2.26. The van der Waals surface area contributed by atoms with Crippen molar-refractivity contribution < 1.29 is 0 Å². The summed E-state index contributed by atoms with van der Waals surface area (Å²) >= 11 is 0. The zero-order valence-corrected chi connectivity index (χ0v) is 13.4. The molecule has 0 aliphatic heterocycles. The van der Waals surface area contributed by atoms with Crippen molar-refractivity contribution in [3.8, 4) is 0 Å². The van der Waals surface area contributed by atoms with Crippen molar-refractivity contribution in [2.45, 2.75) is 72.8 Å². The topological polar surface area (TPSA) is 15.3 Å². The number of nitrogens with zero attached hydrogens (tertiary/aromatic N) is 1. The van der Waals surface area contributed by atoms with Crippen molar-refractivity contribution in [2.75, 3.05) is 13.7 Å². The SMILES string of the molecule is C/C=C(/CC)N(C)CNC(C)CC(CC)CCC. The van der Waals surface area contributed by atoms with Gasteiger partial charge in [-0.1, -0.05) is 46.1 Å². The zero-order chi connectivity index (χ0) is 14.0. The van der Waals surface area contributed by atoms with E-state index in [1.54, 1.807) is 0 Å². The third kappa shape index (κ3) is 7.05. The predicted molar refractivity (Wildman–Crippen MR) is 82.6 cm³/mol. The van der Waals surface area contributed by atoms with Gasteiger partial charge in [0.05, 0.1) is 6.67 Å². The lowest BCUT2D eigenvalue weighted by atomic mass is 9.93. The van der Waals surface area contributed by atoms with Crippen LogP contribution in [-0.2, 0) is 0 Å². The fourth-order valence-electron chi connectivity index (χ4n) is 2.57. The highest BCUT2D eigenvalue weighted by Crippen LogP contribution is 2.17. The van der Waals surface area contributed by atoms with Gasteiger partial charge >= 0.3 is 0 Å². The van der Waals surface area contributed by atoms with Crippen LogP contribution in [0.15, 0.2) is 11.8 Å². The minimum absolute atomic E-state index is 0.610. The van der Waals surface area contributed by atoms with Crippen molar-refractivity contribution in [1.29, 1.82) is 0 Å². The number of hydrogen-bond donors (Lipinski definition) is 1. The summed E-state index contributed by atoms with van der Waals surface area (Å²) in [5, 5.41) is 3.64. The lowest BCUT2D eigenvalue weighted by molar-refractivity contribution is 0.306. The summed E-state index contributed by atoms with van der Waals surface area (Å²) in [5.41, 5.74) is 1.41. The van der Waals surface area contributed by atoms with Crippen LogP contribution in [0, 0.1) is 5.92 Å². The molecule has 0 rings (SSSR count). The van der Waals surface area contributed by atoms with Crippen molar-refractivity contribution in [2.24, 2.45) is 5.92 Å². The van der Waals surface area contributed by atoms with E-state index in [2.05, 4.69) is 58.0 Å². The number of allylic oxidation sites excluding steroid dienone is 2. The fraction of sp³-hybridized carbons (Fsp3) is 0.875. The van der Waals surface area contributed by atoms with E-state index in [0.29, 0.717) is 6.04 Å². The predicted octanol–water partition coefficient (Wildman–Crippen LogP) is 4.38. The van der Waals surface area contributed by atoms with Crippen LogP contribution < -0.4 is 5.32 Å². The molecule has 18 heavy (non-hydrogen) atoms. The normalized spacial score (nSPS) is 15.6. The molecular weight excluding hydrogens is 220 g/mol. The Morgan fingerprint density at radius 3 is 2.39 bits per heavy atom. The molecule has 0 heterocycles. The van der Waals surface area contributed by atoms with Crippen molar-refractivity contribution in [3.05, 3.63) is 11.8 Å². The second-order valence-corrected chi connectivity index (χ2v) is 5.39. The highest BCUT2D eigenvalue weighted by Gasteiger charge is 2.11. The molecule has 0 aromatic rings. The van der Waals surface area contributed by atoms with Gasteiger partial charge in [0.25, 0.3) is 0 Å². The van der Waals surface area contributed by atoms with Crippen LogP contribution in [0.5, 0.6) is 0 Å². The van der Waals surface area contributed by atoms with Gasteiger partial charge < -0.3 is 4.90 Å². The summed E-state index contributed by atoms with van der Waals surface area (Å²) in [4.78, 5) is 2.32. The molecule has 0 aromatic carbocycles. The Balaban J connectivity index is 3.98. The van der Waals surface area contributed by atoms with E-state index >= 15 is 0 Å². The molecule has 0 radical (unpaired) electrons. The first-order valence-electron chi connectivity index (χ1n) is 7.68. The monoisotopic (exact) mass is 254 g/mol. The van der Waals surface area contributed by atoms with E-state index in [9.17, 15) is 0 Å². The van der Waals surface area contributed by atoms with Gasteiger partial charge in [-0.25, -0.2) is 0 Å². The van der Waals surface area contributed by atoms with E-state index in [1.807, 2.05) is 0 Å². The quantitative estimate of drug-likeness (QED) is 0.582. The summed E-state index contributed by atoms with van der Waals surface area (Å²) in [6.07, 6.45) is 8.60. The van der Waals surface area contributed by atoms with Gasteiger partial charge in [0, 0.05) is 18.8 Å². The van der Waals surface area contributed by atoms with Crippen LogP contribution in [0.1, 0.15) is 66.7 Å². The molecule has 0 bridgehead atoms. The van der Waals surface area contributed by atoms with Gasteiger partial charge in [0.2, 0.25) is 0 Å². The van der Waals surface area contributed by atoms with Gasteiger partial charge in [-0.15, -0.1) is 0 Å². The van der Waals surface area contributed by atoms with Crippen molar-refractivity contribution in [1.82, 2.24) is 10.2 Å². The molecule has 2 atom stereocenters. The Bertz CT molecular complexity index is 223. The maximum absolute atomic E-state index is 3.64. The van der Waals surface area contributed by atoms with Crippen LogP contribution in [0.2, 0.25) is 0 Å². The Hall–Kier alpha value is -0.500. The molecule has 0 aliphatic rings. The second kappa shape index (κ2) is 10.4. The van der Waals surface area contributed by atoms with Crippen LogP contribution in [0.25, 0.3) is 0 Å². The molecule has 0 saturated heterocycles. The third-order valence-corrected chi connectivity index (χ3v) is 3.82. The van der Waals surface area contributed by atoms with Crippen LogP contribution in [0.3, 0.4) is 0 Å². The molecule has 1 N–H and O–H groups in total. The Morgan fingerprint density at radius 2 is 1.94 bits per heavy atom.